The summed E-state index contributed by atoms with van der Waals surface area (Å²) in [5.74, 6) is 1.54. The first-order valence-electron chi connectivity index (χ1n) is 8.06. The van der Waals surface area contributed by atoms with Gasteiger partial charge in [-0.25, -0.2) is 0 Å². The minimum absolute atomic E-state index is 0.264. The Hall–Kier alpha value is -0.320. The van der Waals surface area contributed by atoms with E-state index in [0.717, 1.165) is 21.8 Å². The molecule has 4 rings (SSSR count). The summed E-state index contributed by atoms with van der Waals surface area (Å²) >= 11 is 9.27. The summed E-state index contributed by atoms with van der Waals surface area (Å²) in [5, 5.41) is 0. The second-order valence-corrected chi connectivity index (χ2v) is 10.0. The lowest BCUT2D eigenvalue weighted by Crippen LogP contribution is -2.26. The number of fused-ring (bicyclic) bond motifs is 1. The Labute approximate surface area is 159 Å². The molecule has 1 aromatic carbocycles. The van der Waals surface area contributed by atoms with Crippen molar-refractivity contribution in [3.05, 3.63) is 55.0 Å². The fraction of sp³-hybridized carbons (Fsp3) is 0.421. The Balaban J connectivity index is 1.88. The maximum absolute atomic E-state index is 5.03. The molecule has 23 heavy (non-hydrogen) atoms. The molecule has 0 saturated heterocycles. The van der Waals surface area contributed by atoms with Gasteiger partial charge in [0.05, 0.1) is 5.70 Å². The van der Waals surface area contributed by atoms with E-state index < -0.39 is 0 Å². The van der Waals surface area contributed by atoms with E-state index in [1.807, 2.05) is 11.8 Å². The Morgan fingerprint density at radius 3 is 2.78 bits per heavy atom. The third-order valence-electron chi connectivity index (χ3n) is 4.89. The Bertz CT molecular complexity index is 774. The average Bonchev–Trinajstić information content (AvgIpc) is 2.95. The van der Waals surface area contributed by atoms with Crippen LogP contribution >= 0.6 is 43.6 Å². The van der Waals surface area contributed by atoms with Crippen LogP contribution in [0.15, 0.2) is 54.4 Å². The predicted octanol–water partition coefficient (Wildman–Crippen LogP) is 6.84. The molecule has 1 aromatic rings. The van der Waals surface area contributed by atoms with Gasteiger partial charge in [-0.15, -0.1) is 11.8 Å². The molecule has 4 heteroatoms. The molecule has 1 aliphatic carbocycles. The van der Waals surface area contributed by atoms with E-state index in [-0.39, 0.29) is 5.41 Å². The highest BCUT2D eigenvalue weighted by Gasteiger charge is 2.37. The summed E-state index contributed by atoms with van der Waals surface area (Å²) < 4.78 is 2.23. The highest BCUT2D eigenvalue weighted by Crippen LogP contribution is 2.52. The van der Waals surface area contributed by atoms with Crippen molar-refractivity contribution in [3.8, 4) is 0 Å². The number of halogens is 2. The maximum atomic E-state index is 5.03. The largest absolute Gasteiger partial charge is 0.257 e. The van der Waals surface area contributed by atoms with Crippen molar-refractivity contribution in [1.29, 1.82) is 0 Å². The highest BCUT2D eigenvalue weighted by atomic mass is 79.9. The van der Waals surface area contributed by atoms with Crippen LogP contribution in [-0.4, -0.2) is 11.5 Å². The van der Waals surface area contributed by atoms with E-state index in [4.69, 9.17) is 4.99 Å². The maximum Gasteiger partial charge on any atom is 0.0519 e. The second-order valence-electron chi connectivity index (χ2n) is 7.16. The number of rotatable bonds is 1. The molecule has 0 spiro atoms. The molecule has 0 amide bonds. The zero-order valence-corrected chi connectivity index (χ0v) is 17.3. The van der Waals surface area contributed by atoms with E-state index in [1.165, 1.54) is 39.6 Å². The molecule has 0 fully saturated rings. The highest BCUT2D eigenvalue weighted by molar-refractivity contribution is 9.13. The van der Waals surface area contributed by atoms with Crippen molar-refractivity contribution in [2.75, 3.05) is 5.75 Å². The molecular weight excluding hydrogens is 434 g/mol. The van der Waals surface area contributed by atoms with Crippen LogP contribution in [0.3, 0.4) is 0 Å². The average molecular weight is 453 g/mol. The molecule has 3 aliphatic rings. The summed E-state index contributed by atoms with van der Waals surface area (Å²) in [6, 6.07) is 6.68. The van der Waals surface area contributed by atoms with Crippen LogP contribution < -0.4 is 0 Å². The summed E-state index contributed by atoms with van der Waals surface area (Å²) in [4.78, 5) is 6.51. The second kappa shape index (κ2) is 5.89. The van der Waals surface area contributed by atoms with Gasteiger partial charge >= 0.3 is 0 Å². The van der Waals surface area contributed by atoms with Gasteiger partial charge in [0.15, 0.2) is 0 Å². The van der Waals surface area contributed by atoms with Gasteiger partial charge in [-0.1, -0.05) is 26.0 Å². The molecular formula is C19H19Br2NS. The zero-order valence-electron chi connectivity index (χ0n) is 13.3. The van der Waals surface area contributed by atoms with Crippen molar-refractivity contribution in [3.63, 3.8) is 0 Å². The number of thioether (sulfide) groups is 1. The van der Waals surface area contributed by atoms with Crippen LogP contribution in [-0.2, 0) is 0 Å². The smallest absolute Gasteiger partial charge is 0.0519 e. The van der Waals surface area contributed by atoms with E-state index in [1.54, 1.807) is 0 Å². The molecule has 0 bridgehead atoms. The summed E-state index contributed by atoms with van der Waals surface area (Å²) in [5.41, 5.74) is 5.75. The standard InChI is InChI=1S/C19H19Br2NS/c1-19(2)7-5-15-12(10-19)17(18-16(22-15)6-8-23-18)11-3-4-13(20)14(21)9-11/h3-4,9-10,17H,5-8H2,1-2H3. The van der Waals surface area contributed by atoms with E-state index >= 15 is 0 Å². The number of aliphatic imine (C=N–C) groups is 1. The van der Waals surface area contributed by atoms with Crippen molar-refractivity contribution >= 4 is 49.3 Å². The molecule has 2 aliphatic heterocycles. The molecule has 1 nitrogen and oxygen atoms in total. The summed E-state index contributed by atoms with van der Waals surface area (Å²) in [7, 11) is 0. The fourth-order valence-corrected chi connectivity index (χ4v) is 5.59. The predicted molar refractivity (Wildman–Crippen MR) is 107 cm³/mol. The van der Waals surface area contributed by atoms with Crippen LogP contribution in [0.4, 0.5) is 0 Å². The van der Waals surface area contributed by atoms with Crippen molar-refractivity contribution in [2.45, 2.75) is 39.0 Å². The van der Waals surface area contributed by atoms with Gasteiger partial charge in [0.1, 0.15) is 0 Å². The SMILES string of the molecule is CC1(C)C=C2C(=NC3=C(SCC3)C2c2ccc(Br)c(Br)c2)CC1. The molecule has 0 saturated carbocycles. The first-order valence-corrected chi connectivity index (χ1v) is 10.6. The molecule has 120 valence electrons. The van der Waals surface area contributed by atoms with Crippen molar-refractivity contribution < 1.29 is 0 Å². The molecule has 2 heterocycles. The number of benzene rings is 1. The number of allylic oxidation sites excluding steroid dienone is 4. The Morgan fingerprint density at radius 1 is 1.17 bits per heavy atom. The molecule has 0 aromatic heterocycles. The lowest BCUT2D eigenvalue weighted by molar-refractivity contribution is 0.435. The minimum Gasteiger partial charge on any atom is -0.257 e. The van der Waals surface area contributed by atoms with Crippen LogP contribution in [0.25, 0.3) is 0 Å². The lowest BCUT2D eigenvalue weighted by Gasteiger charge is -2.35. The monoisotopic (exact) mass is 451 g/mol. The van der Waals surface area contributed by atoms with Gasteiger partial charge in [0.2, 0.25) is 0 Å². The Morgan fingerprint density at radius 2 is 2.00 bits per heavy atom. The van der Waals surface area contributed by atoms with Gasteiger partial charge in [0.25, 0.3) is 0 Å². The molecule has 1 unspecified atom stereocenters. The first-order chi connectivity index (χ1) is 10.9. The fourth-order valence-electron chi connectivity index (χ4n) is 3.68. The van der Waals surface area contributed by atoms with Gasteiger partial charge in [0, 0.05) is 31.2 Å². The van der Waals surface area contributed by atoms with Gasteiger partial charge < -0.3 is 0 Å². The van der Waals surface area contributed by atoms with Gasteiger partial charge in [-0.3, -0.25) is 4.99 Å². The van der Waals surface area contributed by atoms with Gasteiger partial charge in [-0.05, 0) is 79.8 Å². The number of hydrogen-bond donors (Lipinski definition) is 0. The van der Waals surface area contributed by atoms with E-state index in [0.29, 0.717) is 5.92 Å². The summed E-state index contributed by atoms with van der Waals surface area (Å²) in [6.45, 7) is 4.69. The van der Waals surface area contributed by atoms with Crippen molar-refractivity contribution in [1.82, 2.24) is 0 Å². The minimum atomic E-state index is 0.264. The summed E-state index contributed by atoms with van der Waals surface area (Å²) in [6.07, 6.45) is 5.91. The first kappa shape index (κ1) is 16.2. The third kappa shape index (κ3) is 2.91. The van der Waals surface area contributed by atoms with Crippen LogP contribution in [0.2, 0.25) is 0 Å². The molecule has 0 N–H and O–H groups in total. The molecule has 1 atom stereocenters. The zero-order chi connectivity index (χ0) is 16.2. The normalized spacial score (nSPS) is 25.7. The van der Waals surface area contributed by atoms with E-state index in [9.17, 15) is 0 Å². The van der Waals surface area contributed by atoms with Crippen LogP contribution in [0.1, 0.15) is 44.6 Å². The topological polar surface area (TPSA) is 12.4 Å². The lowest BCUT2D eigenvalue weighted by atomic mass is 9.72. The van der Waals surface area contributed by atoms with E-state index in [2.05, 4.69) is 70.0 Å². The van der Waals surface area contributed by atoms with Crippen molar-refractivity contribution in [2.24, 2.45) is 10.4 Å². The Kier molecular flexibility index (Phi) is 4.14. The van der Waals surface area contributed by atoms with Gasteiger partial charge in [-0.2, -0.15) is 0 Å². The number of nitrogens with zero attached hydrogens (tertiary/aromatic N) is 1. The van der Waals surface area contributed by atoms with Crippen LogP contribution in [0.5, 0.6) is 0 Å². The van der Waals surface area contributed by atoms with Crippen LogP contribution in [0, 0.1) is 5.41 Å². The number of hydrogen-bond acceptors (Lipinski definition) is 2. The molecule has 0 radical (unpaired) electrons. The third-order valence-corrected chi connectivity index (χ3v) is 7.96. The quantitative estimate of drug-likeness (QED) is 0.454.